The smallest absolute Gasteiger partial charge is 0.0297 e. The Kier molecular flexibility index (Phi) is 3.94. The maximum Gasteiger partial charge on any atom is 0.0297 e. The summed E-state index contributed by atoms with van der Waals surface area (Å²) in [6, 6.07) is 21.8. The molecule has 0 bridgehead atoms. The van der Waals surface area contributed by atoms with E-state index in [-0.39, 0.29) is 0 Å². The van der Waals surface area contributed by atoms with Crippen LogP contribution in [0.3, 0.4) is 0 Å². The van der Waals surface area contributed by atoms with Gasteiger partial charge in [-0.25, -0.2) is 0 Å². The maximum atomic E-state index is 3.61. The van der Waals surface area contributed by atoms with Crippen LogP contribution in [0.2, 0.25) is 0 Å². The molecule has 0 aliphatic heterocycles. The molecule has 0 heterocycles. The van der Waals surface area contributed by atoms with Crippen LogP contribution in [0.5, 0.6) is 0 Å². The van der Waals surface area contributed by atoms with Crippen LogP contribution in [0.25, 0.3) is 0 Å². The Bertz CT molecular complexity index is 392. The quantitative estimate of drug-likeness (QED) is 0.826. The third-order valence-electron chi connectivity index (χ3n) is 3.10. The predicted molar refractivity (Wildman–Crippen MR) is 72.8 cm³/mol. The van der Waals surface area contributed by atoms with Crippen molar-refractivity contribution < 1.29 is 0 Å². The maximum absolute atomic E-state index is 3.61. The Hall–Kier alpha value is -1.60. The highest BCUT2D eigenvalue weighted by molar-refractivity contribution is 5.21. The molecule has 1 nitrogen and oxygen atoms in total. The van der Waals surface area contributed by atoms with Crippen molar-refractivity contribution in [3.8, 4) is 0 Å². The second kappa shape index (κ2) is 5.65. The van der Waals surface area contributed by atoms with Gasteiger partial charge in [0.05, 0.1) is 0 Å². The van der Waals surface area contributed by atoms with Gasteiger partial charge in [-0.3, -0.25) is 0 Å². The molecular weight excluding hydrogens is 206 g/mol. The molecule has 1 heteroatoms. The Morgan fingerprint density at radius 2 is 1.00 bits per heavy atom. The van der Waals surface area contributed by atoms with Crippen LogP contribution >= 0.6 is 0 Å². The summed E-state index contributed by atoms with van der Waals surface area (Å²) in [7, 11) is 0. The van der Waals surface area contributed by atoms with Gasteiger partial charge in [-0.2, -0.15) is 0 Å². The highest BCUT2D eigenvalue weighted by Crippen LogP contribution is 2.18. The predicted octanol–water partition coefficient (Wildman–Crippen LogP) is 4.10. The van der Waals surface area contributed by atoms with Crippen molar-refractivity contribution in [2.24, 2.45) is 0 Å². The van der Waals surface area contributed by atoms with E-state index in [1.807, 2.05) is 0 Å². The average molecular weight is 225 g/mol. The Morgan fingerprint density at radius 1 is 0.647 bits per heavy atom. The summed E-state index contributed by atoms with van der Waals surface area (Å²) in [5.41, 5.74) is 2.66. The van der Waals surface area contributed by atoms with Gasteiger partial charge in [-0.15, -0.1) is 0 Å². The molecule has 0 spiro atoms. The first-order valence-electron chi connectivity index (χ1n) is 6.13. The van der Waals surface area contributed by atoms with E-state index < -0.39 is 0 Å². The van der Waals surface area contributed by atoms with Crippen LogP contribution in [0.4, 0.5) is 0 Å². The fourth-order valence-corrected chi connectivity index (χ4v) is 2.05. The van der Waals surface area contributed by atoms with Crippen molar-refractivity contribution in [1.29, 1.82) is 0 Å². The molecule has 17 heavy (non-hydrogen) atoms. The lowest BCUT2D eigenvalue weighted by atomic mass is 10.0. The molecule has 2 aromatic carbocycles. The molecule has 0 fully saturated rings. The lowest BCUT2D eigenvalue weighted by Crippen LogP contribution is -2.22. The topological polar surface area (TPSA) is 12.0 Å². The van der Waals surface area contributed by atoms with E-state index in [0.29, 0.717) is 12.1 Å². The average Bonchev–Trinajstić information content (AvgIpc) is 2.40. The summed E-state index contributed by atoms with van der Waals surface area (Å²) in [5, 5.41) is 3.61. The largest absolute Gasteiger partial charge is 0.304 e. The van der Waals surface area contributed by atoms with Gasteiger partial charge in [0.1, 0.15) is 0 Å². The monoisotopic (exact) mass is 225 g/mol. The summed E-state index contributed by atoms with van der Waals surface area (Å²) >= 11 is 0. The Morgan fingerprint density at radius 3 is 1.35 bits per heavy atom. The fraction of sp³-hybridized carbons (Fsp3) is 0.250. The number of hydrogen-bond donors (Lipinski definition) is 1. The third kappa shape index (κ3) is 3.18. The molecule has 1 N–H and O–H groups in total. The molecule has 88 valence electrons. The van der Waals surface area contributed by atoms with Gasteiger partial charge in [0.25, 0.3) is 0 Å². The zero-order valence-electron chi connectivity index (χ0n) is 10.4. The van der Waals surface area contributed by atoms with Gasteiger partial charge < -0.3 is 5.32 Å². The first-order chi connectivity index (χ1) is 8.27. The van der Waals surface area contributed by atoms with Crippen molar-refractivity contribution in [1.82, 2.24) is 5.32 Å². The minimum Gasteiger partial charge on any atom is -0.304 e. The fourth-order valence-electron chi connectivity index (χ4n) is 2.05. The van der Waals surface area contributed by atoms with Gasteiger partial charge in [0.2, 0.25) is 0 Å². The van der Waals surface area contributed by atoms with Gasteiger partial charge in [-0.1, -0.05) is 60.7 Å². The number of hydrogen-bond acceptors (Lipinski definition) is 1. The second-order valence-corrected chi connectivity index (χ2v) is 4.43. The molecule has 0 aromatic heterocycles. The van der Waals surface area contributed by atoms with Crippen LogP contribution in [0.15, 0.2) is 60.7 Å². The van der Waals surface area contributed by atoms with E-state index in [4.69, 9.17) is 0 Å². The van der Waals surface area contributed by atoms with E-state index in [1.165, 1.54) is 11.1 Å². The van der Waals surface area contributed by atoms with E-state index in [2.05, 4.69) is 79.8 Å². The van der Waals surface area contributed by atoms with Crippen LogP contribution in [-0.4, -0.2) is 0 Å². The number of nitrogens with one attached hydrogen (secondary N) is 1. The van der Waals surface area contributed by atoms with Crippen LogP contribution in [0, 0.1) is 0 Å². The first-order valence-corrected chi connectivity index (χ1v) is 6.13. The van der Waals surface area contributed by atoms with Crippen molar-refractivity contribution in [2.45, 2.75) is 25.9 Å². The van der Waals surface area contributed by atoms with E-state index in [0.717, 1.165) is 0 Å². The zero-order chi connectivity index (χ0) is 12.1. The molecular formula is C16H19N. The Balaban J connectivity index is 2.02. The lowest BCUT2D eigenvalue weighted by molar-refractivity contribution is 0.495. The summed E-state index contributed by atoms with van der Waals surface area (Å²) in [5.74, 6) is 0. The summed E-state index contributed by atoms with van der Waals surface area (Å²) in [4.78, 5) is 0. The van der Waals surface area contributed by atoms with Crippen LogP contribution in [-0.2, 0) is 0 Å². The van der Waals surface area contributed by atoms with Gasteiger partial charge in [0, 0.05) is 12.1 Å². The standard InChI is InChI=1S/C16H19N/c1-13(15-9-5-3-6-10-15)17-14(2)16-11-7-4-8-12-16/h3-14,17H,1-2H3/t13-,14+. The molecule has 0 radical (unpaired) electrons. The first kappa shape index (κ1) is 11.9. The summed E-state index contributed by atoms with van der Waals surface area (Å²) in [6.07, 6.45) is 0. The van der Waals surface area contributed by atoms with Crippen molar-refractivity contribution in [2.75, 3.05) is 0 Å². The summed E-state index contributed by atoms with van der Waals surface area (Å²) in [6.45, 7) is 4.41. The van der Waals surface area contributed by atoms with Crippen molar-refractivity contribution >= 4 is 0 Å². The molecule has 0 saturated heterocycles. The lowest BCUT2D eigenvalue weighted by Gasteiger charge is -2.20. The van der Waals surface area contributed by atoms with Gasteiger partial charge in [-0.05, 0) is 25.0 Å². The van der Waals surface area contributed by atoms with Crippen LogP contribution < -0.4 is 5.32 Å². The molecule has 0 saturated carbocycles. The molecule has 0 aliphatic rings. The highest BCUT2D eigenvalue weighted by atomic mass is 14.9. The van der Waals surface area contributed by atoms with Crippen molar-refractivity contribution in [3.63, 3.8) is 0 Å². The molecule has 0 aliphatic carbocycles. The Labute approximate surface area is 103 Å². The third-order valence-corrected chi connectivity index (χ3v) is 3.10. The van der Waals surface area contributed by atoms with Crippen molar-refractivity contribution in [3.05, 3.63) is 71.8 Å². The van der Waals surface area contributed by atoms with Gasteiger partial charge in [0.15, 0.2) is 0 Å². The molecule has 2 rings (SSSR count). The molecule has 0 unspecified atom stereocenters. The zero-order valence-corrected chi connectivity index (χ0v) is 10.4. The normalized spacial score (nSPS) is 14.2. The SMILES string of the molecule is C[C@H](N[C@H](C)c1ccccc1)c1ccccc1. The van der Waals surface area contributed by atoms with E-state index in [1.54, 1.807) is 0 Å². The molecule has 0 amide bonds. The van der Waals surface area contributed by atoms with Gasteiger partial charge >= 0.3 is 0 Å². The minimum atomic E-state index is 0.367. The molecule has 2 aromatic rings. The number of rotatable bonds is 4. The van der Waals surface area contributed by atoms with Crippen LogP contribution in [0.1, 0.15) is 37.1 Å². The number of benzene rings is 2. The summed E-state index contributed by atoms with van der Waals surface area (Å²) < 4.78 is 0. The minimum absolute atomic E-state index is 0.367. The van der Waals surface area contributed by atoms with E-state index >= 15 is 0 Å². The highest BCUT2D eigenvalue weighted by Gasteiger charge is 2.09. The second-order valence-electron chi connectivity index (χ2n) is 4.43. The molecule has 2 atom stereocenters. The van der Waals surface area contributed by atoms with E-state index in [9.17, 15) is 0 Å².